The average Bonchev–Trinajstić information content (AvgIpc) is 3.79. The Morgan fingerprint density at radius 2 is 1.54 bits per heavy atom. The van der Waals surface area contributed by atoms with Crippen molar-refractivity contribution in [2.45, 2.75) is 35.7 Å². The molecule has 5 aromatic rings. The number of nitrogens with one attached hydrogen (secondary N) is 1. The second-order valence-electron chi connectivity index (χ2n) is 13.6. The van der Waals surface area contributed by atoms with Crippen LogP contribution < -0.4 is 10.1 Å². The molecule has 5 aromatic carbocycles. The van der Waals surface area contributed by atoms with Crippen LogP contribution in [0.15, 0.2) is 177 Å². The molecule has 3 aliphatic heterocycles. The van der Waals surface area contributed by atoms with Gasteiger partial charge in [0.05, 0.1) is 11.6 Å². The first-order chi connectivity index (χ1) is 25.7. The van der Waals surface area contributed by atoms with Crippen LogP contribution in [0.1, 0.15) is 52.5 Å². The Balaban J connectivity index is 1.01. The van der Waals surface area contributed by atoms with Crippen molar-refractivity contribution in [2.24, 2.45) is 9.98 Å². The Kier molecular flexibility index (Phi) is 7.40. The van der Waals surface area contributed by atoms with Gasteiger partial charge in [-0.15, -0.1) is 0 Å². The fourth-order valence-electron chi connectivity index (χ4n) is 7.92. The van der Waals surface area contributed by atoms with Gasteiger partial charge in [0.1, 0.15) is 17.3 Å². The maximum atomic E-state index is 10.1. The second kappa shape index (κ2) is 12.6. The van der Waals surface area contributed by atoms with E-state index < -0.39 is 0 Å². The minimum Gasteiger partial charge on any atom is -0.460 e. The summed E-state index contributed by atoms with van der Waals surface area (Å²) in [5.41, 5.74) is 10.4. The first kappa shape index (κ1) is 30.6. The van der Waals surface area contributed by atoms with Crippen LogP contribution in [0.5, 0.6) is 5.75 Å². The van der Waals surface area contributed by atoms with Gasteiger partial charge in [-0.25, -0.2) is 9.98 Å². The molecular formula is C46H32N4OS. The molecule has 248 valence electrons. The number of fused-ring (bicyclic) bond motifs is 6. The standard InChI is InChI=1S/C46H32N4OS/c47-27-28-23-32(25-33(24-28)34-16-9-18-38-36-15-7-8-20-41(36)52-43(34)38)31-21-22-35-37-17-10-19-39(42(37)51-40(35)26-31)46-49-44(29-11-3-1-4-12-29)48-45(50-46)30-13-5-2-6-14-30/h1-14,16,18-26,36-37,46H,15,17H2,(H,48,49,50). The molecular weight excluding hydrogens is 657 g/mol. The van der Waals surface area contributed by atoms with Crippen LogP contribution in [-0.2, 0) is 0 Å². The number of hydrogen-bond acceptors (Lipinski definition) is 6. The summed E-state index contributed by atoms with van der Waals surface area (Å²) < 4.78 is 6.81. The number of allylic oxidation sites excluding steroid dienone is 6. The second-order valence-corrected chi connectivity index (χ2v) is 14.7. The van der Waals surface area contributed by atoms with Gasteiger partial charge >= 0.3 is 0 Å². The van der Waals surface area contributed by atoms with Crippen molar-refractivity contribution in [2.75, 3.05) is 0 Å². The van der Waals surface area contributed by atoms with Gasteiger partial charge in [-0.3, -0.25) is 0 Å². The molecule has 3 atom stereocenters. The number of nitriles is 1. The van der Waals surface area contributed by atoms with Gasteiger partial charge in [-0.05, 0) is 69.8 Å². The quantitative estimate of drug-likeness (QED) is 0.200. The highest BCUT2D eigenvalue weighted by molar-refractivity contribution is 8.03. The summed E-state index contributed by atoms with van der Waals surface area (Å²) >= 11 is 1.87. The average molecular weight is 689 g/mol. The van der Waals surface area contributed by atoms with Gasteiger partial charge in [0.15, 0.2) is 12.0 Å². The van der Waals surface area contributed by atoms with Crippen molar-refractivity contribution in [3.8, 4) is 34.1 Å². The zero-order chi connectivity index (χ0) is 34.6. The van der Waals surface area contributed by atoms with Crippen LogP contribution in [0.3, 0.4) is 0 Å². The molecule has 6 heteroatoms. The van der Waals surface area contributed by atoms with Gasteiger partial charge in [-0.2, -0.15) is 5.26 Å². The van der Waals surface area contributed by atoms with Crippen molar-refractivity contribution in [1.29, 1.82) is 5.26 Å². The van der Waals surface area contributed by atoms with Crippen LogP contribution >= 0.6 is 11.8 Å². The monoisotopic (exact) mass is 688 g/mol. The summed E-state index contributed by atoms with van der Waals surface area (Å²) in [6, 6.07) is 42.1. The van der Waals surface area contributed by atoms with E-state index in [0.29, 0.717) is 17.3 Å². The molecule has 0 bridgehead atoms. The first-order valence-corrected chi connectivity index (χ1v) is 18.5. The third-order valence-corrected chi connectivity index (χ3v) is 11.8. The molecule has 2 aliphatic carbocycles. The zero-order valence-electron chi connectivity index (χ0n) is 28.2. The number of nitrogens with zero attached hydrogens (tertiary/aromatic N) is 3. The molecule has 0 saturated heterocycles. The molecule has 5 aliphatic rings. The molecule has 0 radical (unpaired) electrons. The highest BCUT2D eigenvalue weighted by Crippen LogP contribution is 2.55. The Morgan fingerprint density at radius 3 is 2.38 bits per heavy atom. The number of rotatable bonds is 5. The number of aliphatic imine (C=N–C) groups is 2. The molecule has 0 amide bonds. The van der Waals surface area contributed by atoms with E-state index in [1.165, 1.54) is 26.5 Å². The first-order valence-electron chi connectivity index (χ1n) is 17.7. The Hall–Kier alpha value is -6.16. The lowest BCUT2D eigenvalue weighted by Crippen LogP contribution is -2.40. The summed E-state index contributed by atoms with van der Waals surface area (Å²) in [7, 11) is 0. The number of thioether (sulfide) groups is 1. The molecule has 1 N–H and O–H groups in total. The third kappa shape index (κ3) is 5.25. The molecule has 52 heavy (non-hydrogen) atoms. The van der Waals surface area contributed by atoms with Crippen LogP contribution in [0, 0.1) is 11.3 Å². The lowest BCUT2D eigenvalue weighted by molar-refractivity contribution is 0.412. The summed E-state index contributed by atoms with van der Waals surface area (Å²) in [6.45, 7) is 0. The third-order valence-electron chi connectivity index (χ3n) is 10.5. The minimum atomic E-state index is -0.374. The molecule has 3 unspecified atom stereocenters. The molecule has 0 spiro atoms. The summed E-state index contributed by atoms with van der Waals surface area (Å²) in [6.07, 6.45) is 12.5. The van der Waals surface area contributed by atoms with Gasteiger partial charge < -0.3 is 10.1 Å². The van der Waals surface area contributed by atoms with E-state index >= 15 is 0 Å². The fraction of sp³-hybridized carbons (Fsp3) is 0.109. The number of hydrogen-bond donors (Lipinski definition) is 1. The van der Waals surface area contributed by atoms with Crippen LogP contribution in [0.4, 0.5) is 0 Å². The van der Waals surface area contributed by atoms with Gasteiger partial charge in [0, 0.05) is 39.0 Å². The van der Waals surface area contributed by atoms with E-state index in [2.05, 4.69) is 96.4 Å². The van der Waals surface area contributed by atoms with Crippen LogP contribution in [0.25, 0.3) is 22.3 Å². The van der Waals surface area contributed by atoms with Crippen molar-refractivity contribution in [3.63, 3.8) is 0 Å². The van der Waals surface area contributed by atoms with Crippen molar-refractivity contribution >= 4 is 23.4 Å². The lowest BCUT2D eigenvalue weighted by atomic mass is 9.87. The van der Waals surface area contributed by atoms with E-state index in [-0.39, 0.29) is 12.1 Å². The highest BCUT2D eigenvalue weighted by atomic mass is 32.2. The van der Waals surface area contributed by atoms with Crippen molar-refractivity contribution < 1.29 is 4.74 Å². The van der Waals surface area contributed by atoms with Crippen molar-refractivity contribution in [3.05, 3.63) is 190 Å². The van der Waals surface area contributed by atoms with Gasteiger partial charge in [0.2, 0.25) is 0 Å². The molecule has 0 saturated carbocycles. The SMILES string of the molecule is N#Cc1cc(-c2ccc3c(c2)OC2=C(C4N=C(c5ccccc5)N=C(c5ccccc5)N4)C=CCC23)cc(-c2cccc3c2SC2=CC=CCC23)c1. The maximum Gasteiger partial charge on any atom is 0.159 e. The summed E-state index contributed by atoms with van der Waals surface area (Å²) in [5, 5.41) is 13.8. The summed E-state index contributed by atoms with van der Waals surface area (Å²) in [5.74, 6) is 3.76. The number of amidine groups is 2. The molecule has 3 heterocycles. The van der Waals surface area contributed by atoms with Gasteiger partial charge in [0.25, 0.3) is 0 Å². The Bertz CT molecular complexity index is 2520. The number of ether oxygens (including phenoxy) is 1. The molecule has 0 aromatic heterocycles. The smallest absolute Gasteiger partial charge is 0.159 e. The maximum absolute atomic E-state index is 10.1. The Labute approximate surface area is 307 Å². The predicted molar refractivity (Wildman–Crippen MR) is 210 cm³/mol. The predicted octanol–water partition coefficient (Wildman–Crippen LogP) is 10.4. The minimum absolute atomic E-state index is 0.0949. The topological polar surface area (TPSA) is 69.8 Å². The largest absolute Gasteiger partial charge is 0.460 e. The lowest BCUT2D eigenvalue weighted by Gasteiger charge is -2.27. The highest BCUT2D eigenvalue weighted by Gasteiger charge is 2.37. The van der Waals surface area contributed by atoms with E-state index in [1.54, 1.807) is 0 Å². The number of benzene rings is 5. The molecule has 10 rings (SSSR count). The van der Waals surface area contributed by atoms with E-state index in [0.717, 1.165) is 63.6 Å². The van der Waals surface area contributed by atoms with E-state index in [1.807, 2.05) is 72.4 Å². The summed E-state index contributed by atoms with van der Waals surface area (Å²) in [4.78, 5) is 12.8. The van der Waals surface area contributed by atoms with E-state index in [9.17, 15) is 5.26 Å². The van der Waals surface area contributed by atoms with Gasteiger partial charge in [-0.1, -0.05) is 133 Å². The molecule has 0 fully saturated rings. The fourth-order valence-corrected chi connectivity index (χ4v) is 9.29. The zero-order valence-corrected chi connectivity index (χ0v) is 29.0. The normalized spacial score (nSPS) is 20.7. The van der Waals surface area contributed by atoms with E-state index in [4.69, 9.17) is 14.7 Å². The molecule has 5 nitrogen and oxygen atoms in total. The van der Waals surface area contributed by atoms with Crippen LogP contribution in [-0.4, -0.2) is 17.8 Å². The van der Waals surface area contributed by atoms with Crippen LogP contribution in [0.2, 0.25) is 0 Å². The Morgan fingerprint density at radius 1 is 0.731 bits per heavy atom. The van der Waals surface area contributed by atoms with Crippen molar-refractivity contribution in [1.82, 2.24) is 5.32 Å².